The highest BCUT2D eigenvalue weighted by Gasteiger charge is 2.42. The van der Waals surface area contributed by atoms with Gasteiger partial charge >= 0.3 is 0 Å². The number of carbonyl (C=O) groups is 1. The molecular formula is C19H23F2N3O3. The normalized spacial score (nSPS) is 20.5. The second-order valence-corrected chi connectivity index (χ2v) is 7.22. The average Bonchev–Trinajstić information content (AvgIpc) is 3.00. The van der Waals surface area contributed by atoms with Crippen LogP contribution in [0, 0.1) is 18.6 Å². The molecule has 1 aromatic heterocycles. The van der Waals surface area contributed by atoms with Crippen molar-refractivity contribution in [3.8, 4) is 0 Å². The van der Waals surface area contributed by atoms with Crippen molar-refractivity contribution in [1.82, 2.24) is 15.0 Å². The summed E-state index contributed by atoms with van der Waals surface area (Å²) < 4.78 is 31.7. The summed E-state index contributed by atoms with van der Waals surface area (Å²) in [6.45, 7) is 2.97. The van der Waals surface area contributed by atoms with E-state index in [1.807, 2.05) is 6.92 Å². The fourth-order valence-electron chi connectivity index (χ4n) is 3.48. The molecule has 0 saturated carbocycles. The van der Waals surface area contributed by atoms with Crippen molar-refractivity contribution in [2.45, 2.75) is 38.5 Å². The Labute approximate surface area is 156 Å². The van der Waals surface area contributed by atoms with Gasteiger partial charge in [0.05, 0.1) is 12.2 Å². The largest absolute Gasteiger partial charge is 0.379 e. The van der Waals surface area contributed by atoms with Crippen LogP contribution in [0.2, 0.25) is 0 Å². The number of halogens is 2. The Balaban J connectivity index is 1.66. The van der Waals surface area contributed by atoms with Gasteiger partial charge in [0, 0.05) is 25.7 Å². The Morgan fingerprint density at radius 2 is 2.11 bits per heavy atom. The van der Waals surface area contributed by atoms with Crippen LogP contribution in [0.1, 0.15) is 29.9 Å². The van der Waals surface area contributed by atoms with E-state index >= 15 is 0 Å². The van der Waals surface area contributed by atoms with E-state index < -0.39 is 23.1 Å². The van der Waals surface area contributed by atoms with Gasteiger partial charge in [-0.3, -0.25) is 9.69 Å². The Morgan fingerprint density at radius 3 is 2.78 bits per heavy atom. The van der Waals surface area contributed by atoms with Crippen molar-refractivity contribution in [2.24, 2.45) is 0 Å². The van der Waals surface area contributed by atoms with Crippen LogP contribution >= 0.6 is 0 Å². The van der Waals surface area contributed by atoms with Crippen molar-refractivity contribution in [3.05, 3.63) is 52.9 Å². The highest BCUT2D eigenvalue weighted by Crippen LogP contribution is 2.26. The van der Waals surface area contributed by atoms with E-state index in [9.17, 15) is 18.7 Å². The number of amides is 1. The molecule has 0 spiro atoms. The molecule has 2 aromatic rings. The molecule has 2 heterocycles. The Morgan fingerprint density at radius 1 is 1.33 bits per heavy atom. The quantitative estimate of drug-likeness (QED) is 0.834. The van der Waals surface area contributed by atoms with Gasteiger partial charge in [-0.1, -0.05) is 11.2 Å². The van der Waals surface area contributed by atoms with E-state index in [2.05, 4.69) is 5.16 Å². The fourth-order valence-corrected chi connectivity index (χ4v) is 3.48. The maximum atomic E-state index is 13.4. The molecule has 1 fully saturated rings. The number of nitrogens with zero attached hydrogens (tertiary/aromatic N) is 3. The van der Waals surface area contributed by atoms with Gasteiger partial charge in [-0.2, -0.15) is 0 Å². The Bertz CT molecular complexity index is 826. The first-order chi connectivity index (χ1) is 12.8. The molecule has 1 aliphatic rings. The second-order valence-electron chi connectivity index (χ2n) is 7.22. The zero-order valence-corrected chi connectivity index (χ0v) is 15.4. The number of likely N-dealkylation sites (N-methyl/N-ethyl adjacent to an activating group) is 1. The van der Waals surface area contributed by atoms with Crippen LogP contribution in [0.25, 0.3) is 0 Å². The number of hydrogen-bond donors (Lipinski definition) is 1. The molecule has 1 N–H and O–H groups in total. The van der Waals surface area contributed by atoms with Crippen LogP contribution in [-0.2, 0) is 17.9 Å². The lowest BCUT2D eigenvalue weighted by atomic mass is 9.90. The van der Waals surface area contributed by atoms with E-state index in [0.29, 0.717) is 37.3 Å². The first kappa shape index (κ1) is 19.4. The van der Waals surface area contributed by atoms with Crippen LogP contribution in [0.15, 0.2) is 28.8 Å². The van der Waals surface area contributed by atoms with E-state index in [1.54, 1.807) is 18.0 Å². The molecule has 1 aliphatic heterocycles. The molecule has 6 nitrogen and oxygen atoms in total. The summed E-state index contributed by atoms with van der Waals surface area (Å²) in [5.41, 5.74) is -0.277. The van der Waals surface area contributed by atoms with Crippen LogP contribution in [0.5, 0.6) is 0 Å². The minimum Gasteiger partial charge on any atom is -0.379 e. The molecule has 146 valence electrons. The van der Waals surface area contributed by atoms with E-state index in [-0.39, 0.29) is 13.1 Å². The van der Waals surface area contributed by atoms with Crippen molar-refractivity contribution < 1.29 is 23.2 Å². The topological polar surface area (TPSA) is 69.8 Å². The van der Waals surface area contributed by atoms with Crippen LogP contribution in [0.3, 0.4) is 0 Å². The fraction of sp³-hybridized carbons (Fsp3) is 0.474. The molecule has 8 heteroatoms. The molecule has 3 rings (SSSR count). The lowest BCUT2D eigenvalue weighted by molar-refractivity contribution is -0.160. The minimum atomic E-state index is -1.53. The summed E-state index contributed by atoms with van der Waals surface area (Å²) >= 11 is 0. The van der Waals surface area contributed by atoms with Gasteiger partial charge in [0.15, 0.2) is 23.0 Å². The molecule has 27 heavy (non-hydrogen) atoms. The van der Waals surface area contributed by atoms with Crippen molar-refractivity contribution in [2.75, 3.05) is 20.1 Å². The predicted octanol–water partition coefficient (Wildman–Crippen LogP) is 2.25. The van der Waals surface area contributed by atoms with Gasteiger partial charge in [0.2, 0.25) is 0 Å². The number of hydrogen-bond acceptors (Lipinski definition) is 5. The van der Waals surface area contributed by atoms with Crippen molar-refractivity contribution in [1.29, 1.82) is 0 Å². The van der Waals surface area contributed by atoms with Crippen molar-refractivity contribution in [3.63, 3.8) is 0 Å². The number of rotatable bonds is 6. The van der Waals surface area contributed by atoms with Gasteiger partial charge in [-0.05, 0) is 44.5 Å². The lowest BCUT2D eigenvalue weighted by Crippen LogP contribution is -2.57. The number of aliphatic hydroxyl groups is 1. The monoisotopic (exact) mass is 379 g/mol. The number of likely N-dealkylation sites (tertiary alicyclic amines) is 1. The molecule has 1 aromatic carbocycles. The number of benzene rings is 1. The molecule has 0 aliphatic carbocycles. The third-order valence-electron chi connectivity index (χ3n) is 4.70. The predicted molar refractivity (Wildman–Crippen MR) is 93.5 cm³/mol. The summed E-state index contributed by atoms with van der Waals surface area (Å²) in [6.07, 6.45) is 0.973. The van der Waals surface area contributed by atoms with Gasteiger partial charge in [0.1, 0.15) is 0 Å². The maximum Gasteiger partial charge on any atom is 0.256 e. The SMILES string of the molecule is Cc1cc(CN(C)C[C@]2(O)CCCN(Cc3ccc(F)c(F)c3)C2=O)on1. The summed E-state index contributed by atoms with van der Waals surface area (Å²) in [5.74, 6) is -1.63. The highest BCUT2D eigenvalue weighted by molar-refractivity contribution is 5.86. The lowest BCUT2D eigenvalue weighted by Gasteiger charge is -2.40. The summed E-state index contributed by atoms with van der Waals surface area (Å²) in [4.78, 5) is 16.1. The summed E-state index contributed by atoms with van der Waals surface area (Å²) in [5, 5.41) is 14.8. The third kappa shape index (κ3) is 4.51. The van der Waals surface area contributed by atoms with Crippen LogP contribution < -0.4 is 0 Å². The van der Waals surface area contributed by atoms with Crippen LogP contribution in [0.4, 0.5) is 8.78 Å². The molecule has 1 amide bonds. The number of piperidine rings is 1. The molecule has 0 unspecified atom stereocenters. The smallest absolute Gasteiger partial charge is 0.256 e. The summed E-state index contributed by atoms with van der Waals surface area (Å²) in [6, 6.07) is 5.36. The molecule has 1 saturated heterocycles. The van der Waals surface area contributed by atoms with Gasteiger partial charge in [-0.15, -0.1) is 0 Å². The van der Waals surface area contributed by atoms with Crippen molar-refractivity contribution >= 4 is 5.91 Å². The van der Waals surface area contributed by atoms with E-state index in [4.69, 9.17) is 4.52 Å². The first-order valence-corrected chi connectivity index (χ1v) is 8.83. The van der Waals surface area contributed by atoms with Gasteiger partial charge in [0.25, 0.3) is 5.91 Å². The summed E-state index contributed by atoms with van der Waals surface area (Å²) in [7, 11) is 1.79. The average molecular weight is 379 g/mol. The highest BCUT2D eigenvalue weighted by atomic mass is 19.2. The number of aryl methyl sites for hydroxylation is 1. The minimum absolute atomic E-state index is 0.128. The third-order valence-corrected chi connectivity index (χ3v) is 4.70. The molecular weight excluding hydrogens is 356 g/mol. The number of carbonyl (C=O) groups excluding carboxylic acids is 1. The molecule has 0 bridgehead atoms. The van der Waals surface area contributed by atoms with Gasteiger partial charge < -0.3 is 14.5 Å². The Kier molecular flexibility index (Phi) is 5.57. The van der Waals surface area contributed by atoms with Gasteiger partial charge in [-0.25, -0.2) is 8.78 Å². The van der Waals surface area contributed by atoms with Crippen LogP contribution in [-0.4, -0.2) is 51.7 Å². The zero-order valence-electron chi connectivity index (χ0n) is 15.4. The Hall–Kier alpha value is -2.32. The zero-order chi connectivity index (χ0) is 19.6. The van der Waals surface area contributed by atoms with E-state index in [0.717, 1.165) is 17.8 Å². The first-order valence-electron chi connectivity index (χ1n) is 8.83. The number of aromatic nitrogens is 1. The standard InChI is InChI=1S/C19H23F2N3O3/c1-13-8-15(27-22-13)11-23(2)12-19(26)6-3-7-24(18(19)25)10-14-4-5-16(20)17(21)9-14/h4-5,8-9,26H,3,6-7,10-12H2,1-2H3/t19-/m1/s1. The molecule has 1 atom stereocenters. The molecule has 0 radical (unpaired) electrons. The second kappa shape index (κ2) is 7.74. The maximum absolute atomic E-state index is 13.4. The van der Waals surface area contributed by atoms with E-state index in [1.165, 1.54) is 11.0 Å².